The molecule has 0 radical (unpaired) electrons. The predicted molar refractivity (Wildman–Crippen MR) is 81.4 cm³/mol. The van der Waals surface area contributed by atoms with Gasteiger partial charge in [0.1, 0.15) is 5.82 Å². The Balaban J connectivity index is 1.77. The van der Waals surface area contributed by atoms with E-state index in [1.807, 2.05) is 16.9 Å². The minimum Gasteiger partial charge on any atom is -0.305 e. The summed E-state index contributed by atoms with van der Waals surface area (Å²) in [5.41, 5.74) is 3.18. The topological polar surface area (TPSA) is 29.9 Å². The van der Waals surface area contributed by atoms with E-state index in [9.17, 15) is 4.39 Å². The number of nitrogens with one attached hydrogen (secondary N) is 1. The number of hydrogen-bond acceptors (Lipinski definition) is 2. The van der Waals surface area contributed by atoms with E-state index >= 15 is 0 Å². The van der Waals surface area contributed by atoms with E-state index in [0.29, 0.717) is 5.92 Å². The van der Waals surface area contributed by atoms with Crippen molar-refractivity contribution in [2.45, 2.75) is 45.8 Å². The maximum Gasteiger partial charge on any atom is 0.126 e. The summed E-state index contributed by atoms with van der Waals surface area (Å²) < 4.78 is 15.9. The lowest BCUT2D eigenvalue weighted by atomic mass is 9.80. The second-order valence-electron chi connectivity index (χ2n) is 5.89. The Bertz CT molecular complexity index is 620. The number of fused-ring (bicyclic) bond motifs is 1. The summed E-state index contributed by atoms with van der Waals surface area (Å²) in [6.07, 6.45) is 5.83. The lowest BCUT2D eigenvalue weighted by molar-refractivity contribution is 0.338. The molecule has 1 aromatic heterocycles. The molecule has 0 bridgehead atoms. The fourth-order valence-electron chi connectivity index (χ4n) is 3.19. The fraction of sp³-hybridized carbons (Fsp3) is 0.471. The highest BCUT2D eigenvalue weighted by Gasteiger charge is 2.27. The van der Waals surface area contributed by atoms with Gasteiger partial charge in [-0.1, -0.05) is 19.1 Å². The van der Waals surface area contributed by atoms with Crippen LogP contribution in [0.15, 0.2) is 30.6 Å². The molecule has 0 saturated heterocycles. The molecule has 1 aliphatic carbocycles. The standard InChI is InChI=1S/C17H22FN3/c1-3-21-11-13(10-20-21)9-19-17-12(2)7-8-14-15(17)5-4-6-16(14)18/h4-6,10-12,17,19H,3,7-9H2,1-2H3. The van der Waals surface area contributed by atoms with Crippen molar-refractivity contribution in [3.63, 3.8) is 0 Å². The van der Waals surface area contributed by atoms with Crippen LogP contribution in [0, 0.1) is 11.7 Å². The van der Waals surface area contributed by atoms with Gasteiger partial charge in [0, 0.05) is 30.9 Å². The van der Waals surface area contributed by atoms with E-state index < -0.39 is 0 Å². The molecule has 21 heavy (non-hydrogen) atoms. The molecular weight excluding hydrogens is 265 g/mol. The Morgan fingerprint density at radius 3 is 3.05 bits per heavy atom. The zero-order chi connectivity index (χ0) is 14.8. The van der Waals surface area contributed by atoms with Crippen molar-refractivity contribution in [1.82, 2.24) is 15.1 Å². The van der Waals surface area contributed by atoms with E-state index in [1.165, 1.54) is 5.56 Å². The number of benzene rings is 1. The largest absolute Gasteiger partial charge is 0.305 e. The van der Waals surface area contributed by atoms with Gasteiger partial charge in [0.15, 0.2) is 0 Å². The zero-order valence-corrected chi connectivity index (χ0v) is 12.6. The maximum atomic E-state index is 13.9. The second kappa shape index (κ2) is 5.98. The highest BCUT2D eigenvalue weighted by atomic mass is 19.1. The van der Waals surface area contributed by atoms with Crippen molar-refractivity contribution >= 4 is 0 Å². The SMILES string of the molecule is CCn1cc(CNC2c3cccc(F)c3CCC2C)cn1. The van der Waals surface area contributed by atoms with E-state index in [-0.39, 0.29) is 11.9 Å². The first-order chi connectivity index (χ1) is 10.2. The second-order valence-corrected chi connectivity index (χ2v) is 5.89. The van der Waals surface area contributed by atoms with Gasteiger partial charge in [-0.25, -0.2) is 4.39 Å². The zero-order valence-electron chi connectivity index (χ0n) is 12.6. The van der Waals surface area contributed by atoms with Crippen molar-refractivity contribution in [2.24, 2.45) is 5.92 Å². The molecule has 4 heteroatoms. The molecule has 1 aromatic carbocycles. The van der Waals surface area contributed by atoms with Crippen molar-refractivity contribution in [3.8, 4) is 0 Å². The lowest BCUT2D eigenvalue weighted by Crippen LogP contribution is -2.31. The van der Waals surface area contributed by atoms with Gasteiger partial charge in [-0.15, -0.1) is 0 Å². The average Bonchev–Trinajstić information content (AvgIpc) is 2.94. The quantitative estimate of drug-likeness (QED) is 0.933. The van der Waals surface area contributed by atoms with E-state index in [4.69, 9.17) is 0 Å². The average molecular weight is 287 g/mol. The van der Waals surface area contributed by atoms with Gasteiger partial charge in [0.05, 0.1) is 6.20 Å². The third-order valence-corrected chi connectivity index (χ3v) is 4.45. The van der Waals surface area contributed by atoms with Gasteiger partial charge < -0.3 is 5.32 Å². The summed E-state index contributed by atoms with van der Waals surface area (Å²) in [7, 11) is 0. The van der Waals surface area contributed by atoms with Gasteiger partial charge in [0.2, 0.25) is 0 Å². The molecular formula is C17H22FN3. The number of halogens is 1. The molecule has 0 spiro atoms. The molecule has 0 saturated carbocycles. The van der Waals surface area contributed by atoms with Crippen LogP contribution in [-0.2, 0) is 19.5 Å². The predicted octanol–water partition coefficient (Wildman–Crippen LogP) is 3.46. The number of nitrogens with zero attached hydrogens (tertiary/aromatic N) is 2. The maximum absolute atomic E-state index is 13.9. The van der Waals surface area contributed by atoms with Crippen molar-refractivity contribution < 1.29 is 4.39 Å². The monoisotopic (exact) mass is 287 g/mol. The van der Waals surface area contributed by atoms with Gasteiger partial charge >= 0.3 is 0 Å². The summed E-state index contributed by atoms with van der Waals surface area (Å²) >= 11 is 0. The smallest absolute Gasteiger partial charge is 0.126 e. The molecule has 3 rings (SSSR count). The molecule has 3 nitrogen and oxygen atoms in total. The Kier molecular flexibility index (Phi) is 4.06. The van der Waals surface area contributed by atoms with E-state index in [1.54, 1.807) is 6.07 Å². The molecule has 1 aliphatic rings. The van der Waals surface area contributed by atoms with Crippen LogP contribution in [0.3, 0.4) is 0 Å². The normalized spacial score (nSPS) is 21.3. The van der Waals surface area contributed by atoms with Gasteiger partial charge in [0.25, 0.3) is 0 Å². The van der Waals surface area contributed by atoms with Crippen LogP contribution < -0.4 is 5.32 Å². The third kappa shape index (κ3) is 2.86. The molecule has 0 aliphatic heterocycles. The van der Waals surface area contributed by atoms with Crippen molar-refractivity contribution in [2.75, 3.05) is 0 Å². The molecule has 112 valence electrons. The van der Waals surface area contributed by atoms with Crippen molar-refractivity contribution in [1.29, 1.82) is 0 Å². The Morgan fingerprint density at radius 1 is 1.43 bits per heavy atom. The van der Waals surface area contributed by atoms with Crippen LogP contribution in [0.5, 0.6) is 0 Å². The minimum atomic E-state index is -0.0648. The first-order valence-electron chi connectivity index (χ1n) is 7.71. The lowest BCUT2D eigenvalue weighted by Gasteiger charge is -2.32. The number of aryl methyl sites for hydroxylation is 1. The molecule has 1 heterocycles. The van der Waals surface area contributed by atoms with Crippen LogP contribution in [0.2, 0.25) is 0 Å². The van der Waals surface area contributed by atoms with Crippen LogP contribution in [-0.4, -0.2) is 9.78 Å². The van der Waals surface area contributed by atoms with Gasteiger partial charge in [-0.3, -0.25) is 4.68 Å². The summed E-state index contributed by atoms with van der Waals surface area (Å²) in [4.78, 5) is 0. The van der Waals surface area contributed by atoms with Crippen LogP contribution in [0.4, 0.5) is 4.39 Å². The fourth-order valence-corrected chi connectivity index (χ4v) is 3.19. The Hall–Kier alpha value is -1.68. The minimum absolute atomic E-state index is 0.0648. The Morgan fingerprint density at radius 2 is 2.29 bits per heavy atom. The molecule has 2 unspecified atom stereocenters. The van der Waals surface area contributed by atoms with Crippen LogP contribution in [0.25, 0.3) is 0 Å². The third-order valence-electron chi connectivity index (χ3n) is 4.45. The highest BCUT2D eigenvalue weighted by molar-refractivity contribution is 5.34. The summed E-state index contributed by atoms with van der Waals surface area (Å²) in [5.74, 6) is 0.450. The van der Waals surface area contributed by atoms with E-state index in [2.05, 4.69) is 36.5 Å². The van der Waals surface area contributed by atoms with E-state index in [0.717, 1.165) is 37.1 Å². The van der Waals surface area contributed by atoms with Crippen molar-refractivity contribution in [3.05, 3.63) is 53.1 Å². The molecule has 2 aromatic rings. The number of hydrogen-bond donors (Lipinski definition) is 1. The number of aromatic nitrogens is 2. The first kappa shape index (κ1) is 14.3. The molecule has 0 amide bonds. The van der Waals surface area contributed by atoms with Gasteiger partial charge in [-0.05, 0) is 42.9 Å². The van der Waals surface area contributed by atoms with Crippen LogP contribution >= 0.6 is 0 Å². The molecule has 1 N–H and O–H groups in total. The molecule has 0 fully saturated rings. The summed E-state index contributed by atoms with van der Waals surface area (Å²) in [6.45, 7) is 5.96. The number of rotatable bonds is 4. The van der Waals surface area contributed by atoms with Gasteiger partial charge in [-0.2, -0.15) is 5.10 Å². The van der Waals surface area contributed by atoms with Crippen LogP contribution in [0.1, 0.15) is 43.0 Å². The first-order valence-corrected chi connectivity index (χ1v) is 7.71. The Labute approximate surface area is 125 Å². The summed E-state index contributed by atoms with van der Waals surface area (Å²) in [5, 5.41) is 7.88. The summed E-state index contributed by atoms with van der Waals surface area (Å²) in [6, 6.07) is 5.66. The highest BCUT2D eigenvalue weighted by Crippen LogP contribution is 2.35. The molecule has 2 atom stereocenters.